The number of fused-ring (bicyclic) bond motifs is 1. The lowest BCUT2D eigenvalue weighted by Gasteiger charge is -2.05. The Morgan fingerprint density at radius 1 is 1.42 bits per heavy atom. The Labute approximate surface area is 109 Å². The van der Waals surface area contributed by atoms with Crippen LogP contribution in [-0.4, -0.2) is 24.8 Å². The smallest absolute Gasteiger partial charge is 0.159 e. The number of H-pyrrole nitrogens is 1. The van der Waals surface area contributed by atoms with Gasteiger partial charge in [0.1, 0.15) is 11.3 Å². The third kappa shape index (κ3) is 1.85. The van der Waals surface area contributed by atoms with E-state index in [0.717, 1.165) is 23.0 Å². The van der Waals surface area contributed by atoms with Gasteiger partial charge >= 0.3 is 0 Å². The zero-order chi connectivity index (χ0) is 12.8. The molecule has 2 N–H and O–H groups in total. The Balaban J connectivity index is 1.71. The van der Waals surface area contributed by atoms with E-state index in [9.17, 15) is 0 Å². The fourth-order valence-electron chi connectivity index (χ4n) is 2.26. The number of rotatable bonds is 3. The van der Waals surface area contributed by atoms with Crippen molar-refractivity contribution < 1.29 is 0 Å². The Morgan fingerprint density at radius 3 is 3.16 bits per heavy atom. The molecule has 6 heteroatoms. The second-order valence-electron chi connectivity index (χ2n) is 4.95. The minimum absolute atomic E-state index is 0.670. The topological polar surface area (TPSA) is 70.9 Å². The lowest BCUT2D eigenvalue weighted by Crippen LogP contribution is -2.02. The first-order chi connectivity index (χ1) is 9.29. The summed E-state index contributed by atoms with van der Waals surface area (Å²) in [5.41, 5.74) is 2.15. The van der Waals surface area contributed by atoms with E-state index in [1.165, 1.54) is 18.5 Å². The minimum atomic E-state index is 0.670. The molecule has 0 atom stereocenters. The van der Waals surface area contributed by atoms with Crippen LogP contribution in [0.1, 0.15) is 30.3 Å². The Kier molecular flexibility index (Phi) is 2.11. The zero-order valence-corrected chi connectivity index (χ0v) is 10.6. The van der Waals surface area contributed by atoms with Crippen LogP contribution in [0, 0.1) is 6.92 Å². The summed E-state index contributed by atoms with van der Waals surface area (Å²) in [7, 11) is 0. The van der Waals surface area contributed by atoms with E-state index in [1.807, 2.05) is 29.8 Å². The van der Waals surface area contributed by atoms with Crippen molar-refractivity contribution in [3.05, 3.63) is 35.9 Å². The number of aromatic nitrogens is 5. The van der Waals surface area contributed by atoms with E-state index in [1.54, 1.807) is 0 Å². The van der Waals surface area contributed by atoms with Gasteiger partial charge in [0.15, 0.2) is 11.6 Å². The summed E-state index contributed by atoms with van der Waals surface area (Å²) in [6, 6.07) is 6.00. The third-order valence-electron chi connectivity index (χ3n) is 3.36. The predicted molar refractivity (Wildman–Crippen MR) is 71.6 cm³/mol. The van der Waals surface area contributed by atoms with Crippen molar-refractivity contribution in [1.82, 2.24) is 24.8 Å². The molecule has 0 radical (unpaired) electrons. The van der Waals surface area contributed by atoms with Gasteiger partial charge in [-0.15, -0.1) is 0 Å². The quantitative estimate of drug-likeness (QED) is 0.752. The van der Waals surface area contributed by atoms with Crippen molar-refractivity contribution in [1.29, 1.82) is 0 Å². The fourth-order valence-corrected chi connectivity index (χ4v) is 2.26. The monoisotopic (exact) mass is 254 g/mol. The maximum atomic E-state index is 4.44. The largest absolute Gasteiger partial charge is 0.322 e. The van der Waals surface area contributed by atoms with Crippen LogP contribution in [0.25, 0.3) is 5.52 Å². The van der Waals surface area contributed by atoms with Crippen molar-refractivity contribution in [2.45, 2.75) is 25.7 Å². The van der Waals surface area contributed by atoms with E-state index in [2.05, 4.69) is 31.7 Å². The van der Waals surface area contributed by atoms with Gasteiger partial charge in [0.05, 0.1) is 0 Å². The summed E-state index contributed by atoms with van der Waals surface area (Å²) in [5.74, 6) is 2.99. The maximum absolute atomic E-state index is 4.44. The van der Waals surface area contributed by atoms with Crippen molar-refractivity contribution in [3.63, 3.8) is 0 Å². The lowest BCUT2D eigenvalue weighted by molar-refractivity contribution is 0.859. The minimum Gasteiger partial charge on any atom is -0.322 e. The molecule has 1 saturated carbocycles. The van der Waals surface area contributed by atoms with E-state index in [0.29, 0.717) is 5.92 Å². The number of nitrogens with one attached hydrogen (secondary N) is 2. The van der Waals surface area contributed by atoms with Gasteiger partial charge in [0, 0.05) is 23.9 Å². The molecule has 3 heterocycles. The summed E-state index contributed by atoms with van der Waals surface area (Å²) in [6.45, 7) is 1.88. The number of hydrogen-bond acceptors (Lipinski definition) is 4. The second kappa shape index (κ2) is 3.81. The molecule has 0 amide bonds. The Bertz CT molecular complexity index is 737. The van der Waals surface area contributed by atoms with E-state index < -0.39 is 0 Å². The van der Waals surface area contributed by atoms with Gasteiger partial charge in [-0.25, -0.2) is 9.50 Å². The highest BCUT2D eigenvalue weighted by Gasteiger charge is 2.25. The molecule has 1 aliphatic carbocycles. The fraction of sp³-hybridized carbons (Fsp3) is 0.308. The van der Waals surface area contributed by atoms with E-state index in [4.69, 9.17) is 0 Å². The van der Waals surface area contributed by atoms with Crippen LogP contribution in [0.5, 0.6) is 0 Å². The Morgan fingerprint density at radius 2 is 2.32 bits per heavy atom. The molecular formula is C13H14N6. The second-order valence-corrected chi connectivity index (χ2v) is 4.95. The highest BCUT2D eigenvalue weighted by atomic mass is 15.3. The highest BCUT2D eigenvalue weighted by Crippen LogP contribution is 2.39. The molecule has 0 saturated heterocycles. The molecule has 0 aliphatic heterocycles. The van der Waals surface area contributed by atoms with Gasteiger partial charge in [0.25, 0.3) is 0 Å². The van der Waals surface area contributed by atoms with E-state index in [-0.39, 0.29) is 0 Å². The van der Waals surface area contributed by atoms with Crippen LogP contribution < -0.4 is 5.32 Å². The van der Waals surface area contributed by atoms with E-state index >= 15 is 0 Å². The van der Waals surface area contributed by atoms with Crippen LogP contribution in [-0.2, 0) is 0 Å². The molecule has 0 bridgehead atoms. The summed E-state index contributed by atoms with van der Waals surface area (Å²) in [6.07, 6.45) is 4.43. The van der Waals surface area contributed by atoms with Crippen molar-refractivity contribution >= 4 is 17.2 Å². The number of nitrogens with zero attached hydrogens (tertiary/aromatic N) is 4. The summed E-state index contributed by atoms with van der Waals surface area (Å²) < 4.78 is 1.82. The SMILES string of the molecule is Cc1nc(Nc2cc(C3CC3)[nH]n2)c2cccn2n1. The zero-order valence-electron chi connectivity index (χ0n) is 10.6. The van der Waals surface area contributed by atoms with Gasteiger partial charge in [-0.1, -0.05) is 0 Å². The number of aryl methyl sites for hydroxylation is 1. The molecule has 0 aromatic carbocycles. The third-order valence-corrected chi connectivity index (χ3v) is 3.36. The molecule has 6 nitrogen and oxygen atoms in total. The molecule has 4 rings (SSSR count). The average Bonchev–Trinajstić information content (AvgIpc) is 2.95. The normalized spacial score (nSPS) is 15.0. The van der Waals surface area contributed by atoms with Gasteiger partial charge in [-0.05, 0) is 31.9 Å². The Hall–Kier alpha value is -2.37. The molecule has 0 spiro atoms. The number of hydrogen-bond donors (Lipinski definition) is 2. The predicted octanol–water partition coefficient (Wildman–Crippen LogP) is 2.38. The van der Waals surface area contributed by atoms with Crippen LogP contribution in [0.15, 0.2) is 24.4 Å². The van der Waals surface area contributed by atoms with Crippen molar-refractivity contribution in [2.75, 3.05) is 5.32 Å². The first-order valence-corrected chi connectivity index (χ1v) is 6.44. The summed E-state index contributed by atoms with van der Waals surface area (Å²) in [5, 5.41) is 15.0. The first-order valence-electron chi connectivity index (χ1n) is 6.44. The molecule has 19 heavy (non-hydrogen) atoms. The highest BCUT2D eigenvalue weighted by molar-refractivity contribution is 5.71. The molecule has 0 unspecified atom stereocenters. The molecule has 1 fully saturated rings. The lowest BCUT2D eigenvalue weighted by atomic mass is 10.3. The summed E-state index contributed by atoms with van der Waals surface area (Å²) in [4.78, 5) is 4.44. The average molecular weight is 254 g/mol. The number of aromatic amines is 1. The van der Waals surface area contributed by atoms with Gasteiger partial charge in [0.2, 0.25) is 0 Å². The standard InChI is InChI=1S/C13H14N6/c1-8-14-13(11-3-2-6-19(11)18-8)15-12-7-10(16-17-12)9-4-5-9/h2-3,6-7,9H,4-5H2,1H3,(H2,14,15,16,17,18). The van der Waals surface area contributed by atoms with Crippen molar-refractivity contribution in [2.24, 2.45) is 0 Å². The van der Waals surface area contributed by atoms with Crippen LogP contribution in [0.4, 0.5) is 11.6 Å². The molecule has 3 aromatic heterocycles. The summed E-state index contributed by atoms with van der Waals surface area (Å²) >= 11 is 0. The molecular weight excluding hydrogens is 240 g/mol. The maximum Gasteiger partial charge on any atom is 0.159 e. The van der Waals surface area contributed by atoms with Crippen LogP contribution in [0.3, 0.4) is 0 Å². The van der Waals surface area contributed by atoms with Gasteiger partial charge in [-0.2, -0.15) is 10.2 Å². The first kappa shape index (κ1) is 10.5. The van der Waals surface area contributed by atoms with Gasteiger partial charge in [-0.3, -0.25) is 5.10 Å². The number of anilines is 2. The molecule has 96 valence electrons. The van der Waals surface area contributed by atoms with Gasteiger partial charge < -0.3 is 5.32 Å². The van der Waals surface area contributed by atoms with Crippen LogP contribution >= 0.6 is 0 Å². The molecule has 1 aliphatic rings. The molecule has 3 aromatic rings. The van der Waals surface area contributed by atoms with Crippen LogP contribution in [0.2, 0.25) is 0 Å². The van der Waals surface area contributed by atoms with Crippen molar-refractivity contribution in [3.8, 4) is 0 Å².